The molecule has 0 saturated heterocycles. The Labute approximate surface area is 139 Å². The molecule has 0 radical (unpaired) electrons. The molecular weight excluding hydrogens is 284 g/mol. The Morgan fingerprint density at radius 3 is 1.96 bits per heavy atom. The first-order valence-corrected chi connectivity index (χ1v) is 8.37. The van der Waals surface area contributed by atoms with Gasteiger partial charge in [-0.1, -0.05) is 45.0 Å². The zero-order valence-corrected chi connectivity index (χ0v) is 14.3. The van der Waals surface area contributed by atoms with Gasteiger partial charge in [-0.25, -0.2) is 0 Å². The molecule has 23 heavy (non-hydrogen) atoms. The van der Waals surface area contributed by atoms with E-state index >= 15 is 0 Å². The highest BCUT2D eigenvalue weighted by Gasteiger charge is 2.07. The van der Waals surface area contributed by atoms with Crippen molar-refractivity contribution in [2.24, 2.45) is 0 Å². The first kappa shape index (κ1) is 17.2. The third kappa shape index (κ3) is 4.93. The Kier molecular flexibility index (Phi) is 6.36. The van der Waals surface area contributed by atoms with Crippen LogP contribution in [0.25, 0.3) is 0 Å². The number of benzene rings is 2. The van der Waals surface area contributed by atoms with Crippen LogP contribution in [0.4, 0.5) is 5.69 Å². The first-order chi connectivity index (χ1) is 11.2. The molecule has 0 unspecified atom stereocenters. The summed E-state index contributed by atoms with van der Waals surface area (Å²) in [6.45, 7) is 9.43. The van der Waals surface area contributed by atoms with Gasteiger partial charge in [0.2, 0.25) is 0 Å². The molecule has 0 atom stereocenters. The standard InChI is InChI=1S/C20H26N2O/c1-4-16-9-13-19(14-10-16)21-20(23)18-11-7-17(8-12-18)15-22(5-2)6-3/h7-14H,4-6,15H2,1-3H3,(H,21,23). The monoisotopic (exact) mass is 310 g/mol. The number of hydrogen-bond acceptors (Lipinski definition) is 2. The molecular formula is C20H26N2O. The minimum atomic E-state index is -0.0661. The molecule has 0 spiro atoms. The number of carbonyl (C=O) groups excluding carboxylic acids is 1. The van der Waals surface area contributed by atoms with E-state index in [-0.39, 0.29) is 5.91 Å². The Bertz CT molecular complexity index is 613. The Hall–Kier alpha value is -2.13. The summed E-state index contributed by atoms with van der Waals surface area (Å²) in [5, 5.41) is 2.94. The summed E-state index contributed by atoms with van der Waals surface area (Å²) in [4.78, 5) is 14.6. The average molecular weight is 310 g/mol. The molecule has 3 heteroatoms. The van der Waals surface area contributed by atoms with Crippen LogP contribution in [0.2, 0.25) is 0 Å². The zero-order chi connectivity index (χ0) is 16.7. The third-order valence-electron chi connectivity index (χ3n) is 4.14. The molecule has 2 rings (SSSR count). The molecule has 1 amide bonds. The van der Waals surface area contributed by atoms with Crippen LogP contribution in [0.5, 0.6) is 0 Å². The first-order valence-electron chi connectivity index (χ1n) is 8.37. The second-order valence-corrected chi connectivity index (χ2v) is 5.66. The van der Waals surface area contributed by atoms with Crippen molar-refractivity contribution in [2.75, 3.05) is 18.4 Å². The predicted molar refractivity (Wildman–Crippen MR) is 96.8 cm³/mol. The molecule has 0 saturated carbocycles. The topological polar surface area (TPSA) is 32.3 Å². The van der Waals surface area contributed by atoms with Gasteiger partial charge in [-0.3, -0.25) is 9.69 Å². The second kappa shape index (κ2) is 8.49. The summed E-state index contributed by atoms with van der Waals surface area (Å²) in [7, 11) is 0. The highest BCUT2D eigenvalue weighted by Crippen LogP contribution is 2.13. The number of carbonyl (C=O) groups is 1. The van der Waals surface area contributed by atoms with Gasteiger partial charge in [0, 0.05) is 17.8 Å². The zero-order valence-electron chi connectivity index (χ0n) is 14.3. The van der Waals surface area contributed by atoms with Crippen LogP contribution in [0.1, 0.15) is 42.3 Å². The molecule has 0 fully saturated rings. The van der Waals surface area contributed by atoms with Gasteiger partial charge >= 0.3 is 0 Å². The van der Waals surface area contributed by atoms with E-state index in [0.29, 0.717) is 5.56 Å². The lowest BCUT2D eigenvalue weighted by molar-refractivity contribution is 0.102. The highest BCUT2D eigenvalue weighted by molar-refractivity contribution is 6.04. The van der Waals surface area contributed by atoms with E-state index in [0.717, 1.165) is 31.7 Å². The number of nitrogens with zero attached hydrogens (tertiary/aromatic N) is 1. The van der Waals surface area contributed by atoms with Crippen LogP contribution >= 0.6 is 0 Å². The van der Waals surface area contributed by atoms with Crippen molar-refractivity contribution in [1.29, 1.82) is 0 Å². The van der Waals surface area contributed by atoms with Crippen molar-refractivity contribution in [3.63, 3.8) is 0 Å². The van der Waals surface area contributed by atoms with E-state index in [1.54, 1.807) is 0 Å². The van der Waals surface area contributed by atoms with Crippen LogP contribution in [0.3, 0.4) is 0 Å². The summed E-state index contributed by atoms with van der Waals surface area (Å²) < 4.78 is 0. The maximum atomic E-state index is 12.3. The SMILES string of the molecule is CCc1ccc(NC(=O)c2ccc(CN(CC)CC)cc2)cc1. The van der Waals surface area contributed by atoms with Crippen LogP contribution < -0.4 is 5.32 Å². The van der Waals surface area contributed by atoms with Crippen LogP contribution in [-0.4, -0.2) is 23.9 Å². The van der Waals surface area contributed by atoms with Gasteiger partial charge in [0.25, 0.3) is 5.91 Å². The van der Waals surface area contributed by atoms with Gasteiger partial charge in [-0.2, -0.15) is 0 Å². The number of hydrogen-bond donors (Lipinski definition) is 1. The van der Waals surface area contributed by atoms with E-state index in [1.165, 1.54) is 11.1 Å². The van der Waals surface area contributed by atoms with Crippen molar-refractivity contribution >= 4 is 11.6 Å². The summed E-state index contributed by atoms with van der Waals surface area (Å²) in [6, 6.07) is 15.9. The van der Waals surface area contributed by atoms with Crippen molar-refractivity contribution in [2.45, 2.75) is 33.7 Å². The van der Waals surface area contributed by atoms with Crippen molar-refractivity contribution in [1.82, 2.24) is 4.90 Å². The Morgan fingerprint density at radius 1 is 0.870 bits per heavy atom. The molecule has 1 N–H and O–H groups in total. The largest absolute Gasteiger partial charge is 0.322 e. The fraction of sp³-hybridized carbons (Fsp3) is 0.350. The van der Waals surface area contributed by atoms with Gasteiger partial charge in [0.1, 0.15) is 0 Å². The molecule has 0 bridgehead atoms. The minimum Gasteiger partial charge on any atom is -0.322 e. The van der Waals surface area contributed by atoms with Crippen molar-refractivity contribution in [3.8, 4) is 0 Å². The predicted octanol–water partition coefficient (Wildman–Crippen LogP) is 4.34. The lowest BCUT2D eigenvalue weighted by Crippen LogP contribution is -2.22. The maximum Gasteiger partial charge on any atom is 0.255 e. The van der Waals surface area contributed by atoms with Crippen molar-refractivity contribution < 1.29 is 4.79 Å². The maximum absolute atomic E-state index is 12.3. The third-order valence-corrected chi connectivity index (χ3v) is 4.14. The van der Waals surface area contributed by atoms with Crippen LogP contribution in [0.15, 0.2) is 48.5 Å². The number of anilines is 1. The summed E-state index contributed by atoms with van der Waals surface area (Å²) in [5.74, 6) is -0.0661. The molecule has 0 aromatic heterocycles. The Morgan fingerprint density at radius 2 is 1.43 bits per heavy atom. The van der Waals surface area contributed by atoms with Crippen LogP contribution in [-0.2, 0) is 13.0 Å². The molecule has 0 aliphatic carbocycles. The fourth-order valence-electron chi connectivity index (χ4n) is 2.49. The lowest BCUT2D eigenvalue weighted by Gasteiger charge is -2.18. The van der Waals surface area contributed by atoms with Gasteiger partial charge < -0.3 is 5.32 Å². The summed E-state index contributed by atoms with van der Waals surface area (Å²) in [5.41, 5.74) is 4.02. The van der Waals surface area contributed by atoms with E-state index in [9.17, 15) is 4.79 Å². The van der Waals surface area contributed by atoms with Gasteiger partial charge in [-0.05, 0) is 54.9 Å². The molecule has 2 aromatic carbocycles. The molecule has 0 heterocycles. The number of amides is 1. The fourth-order valence-corrected chi connectivity index (χ4v) is 2.49. The van der Waals surface area contributed by atoms with E-state index < -0.39 is 0 Å². The van der Waals surface area contributed by atoms with E-state index in [4.69, 9.17) is 0 Å². The van der Waals surface area contributed by atoms with E-state index in [1.807, 2.05) is 48.5 Å². The smallest absolute Gasteiger partial charge is 0.255 e. The molecule has 122 valence electrons. The quantitative estimate of drug-likeness (QED) is 0.825. The molecule has 3 nitrogen and oxygen atoms in total. The average Bonchev–Trinajstić information content (AvgIpc) is 2.60. The summed E-state index contributed by atoms with van der Waals surface area (Å²) in [6.07, 6.45) is 1.00. The number of nitrogens with one attached hydrogen (secondary N) is 1. The van der Waals surface area contributed by atoms with Crippen LogP contribution in [0, 0.1) is 0 Å². The van der Waals surface area contributed by atoms with Crippen molar-refractivity contribution in [3.05, 3.63) is 65.2 Å². The molecule has 0 aliphatic heterocycles. The minimum absolute atomic E-state index is 0.0661. The lowest BCUT2D eigenvalue weighted by atomic mass is 10.1. The highest BCUT2D eigenvalue weighted by atomic mass is 16.1. The summed E-state index contributed by atoms with van der Waals surface area (Å²) >= 11 is 0. The Balaban J connectivity index is 1.99. The normalized spacial score (nSPS) is 10.8. The number of aryl methyl sites for hydroxylation is 1. The number of rotatable bonds is 7. The van der Waals surface area contributed by atoms with Gasteiger partial charge in [-0.15, -0.1) is 0 Å². The van der Waals surface area contributed by atoms with E-state index in [2.05, 4.69) is 31.0 Å². The molecule has 0 aliphatic rings. The van der Waals surface area contributed by atoms with Gasteiger partial charge in [0.05, 0.1) is 0 Å². The molecule has 2 aromatic rings. The second-order valence-electron chi connectivity index (χ2n) is 5.66. The van der Waals surface area contributed by atoms with Gasteiger partial charge in [0.15, 0.2) is 0 Å².